The van der Waals surface area contributed by atoms with Crippen LogP contribution in [-0.2, 0) is 21.3 Å². The quantitative estimate of drug-likeness (QED) is 0.866. The first-order chi connectivity index (χ1) is 10.5. The number of hydrogen-bond donors (Lipinski definition) is 0. The highest BCUT2D eigenvalue weighted by Gasteiger charge is 2.43. The summed E-state index contributed by atoms with van der Waals surface area (Å²) in [5.41, 5.74) is -2.25. The fourth-order valence-electron chi connectivity index (χ4n) is 2.27. The molecule has 0 bridgehead atoms. The van der Waals surface area contributed by atoms with Crippen LogP contribution < -0.4 is 0 Å². The molecular formula is C13H12F3N3O3. The minimum Gasteiger partial charge on any atom is -0.416 e. The zero-order chi connectivity index (χ0) is 15.8. The minimum absolute atomic E-state index is 0.0845. The van der Waals surface area contributed by atoms with Gasteiger partial charge in [-0.25, -0.2) is 0 Å². The summed E-state index contributed by atoms with van der Waals surface area (Å²) < 4.78 is 55.0. The van der Waals surface area contributed by atoms with Crippen LogP contribution in [0.2, 0.25) is 0 Å². The molecule has 2 aromatic heterocycles. The van der Waals surface area contributed by atoms with E-state index >= 15 is 0 Å². The first kappa shape index (κ1) is 14.9. The number of aromatic nitrogens is 3. The van der Waals surface area contributed by atoms with E-state index in [1.807, 2.05) is 0 Å². The fourth-order valence-corrected chi connectivity index (χ4v) is 2.27. The smallest absolute Gasteiger partial charge is 0.416 e. The van der Waals surface area contributed by atoms with Gasteiger partial charge in [-0.15, -0.1) is 10.2 Å². The molecule has 2 aromatic rings. The lowest BCUT2D eigenvalue weighted by molar-refractivity contribution is -0.137. The van der Waals surface area contributed by atoms with Gasteiger partial charge in [-0.1, -0.05) is 0 Å². The molecule has 1 unspecified atom stereocenters. The van der Waals surface area contributed by atoms with E-state index in [2.05, 4.69) is 15.2 Å². The predicted molar refractivity (Wildman–Crippen MR) is 66.7 cm³/mol. The Morgan fingerprint density at radius 2 is 2.14 bits per heavy atom. The van der Waals surface area contributed by atoms with E-state index in [4.69, 9.17) is 13.9 Å². The third-order valence-electron chi connectivity index (χ3n) is 3.51. The third kappa shape index (κ3) is 2.46. The zero-order valence-electron chi connectivity index (χ0n) is 11.6. The van der Waals surface area contributed by atoms with Crippen molar-refractivity contribution < 1.29 is 27.1 Å². The first-order valence-electron chi connectivity index (χ1n) is 6.46. The maximum atomic E-state index is 13.0. The first-order valence-corrected chi connectivity index (χ1v) is 6.46. The van der Waals surface area contributed by atoms with Crippen molar-refractivity contribution in [2.75, 3.05) is 20.3 Å². The molecule has 0 aromatic carbocycles. The van der Waals surface area contributed by atoms with E-state index < -0.39 is 23.0 Å². The maximum Gasteiger partial charge on any atom is 0.418 e. The average molecular weight is 315 g/mol. The molecule has 22 heavy (non-hydrogen) atoms. The second-order valence-electron chi connectivity index (χ2n) is 4.81. The molecule has 1 aliphatic rings. The van der Waals surface area contributed by atoms with Gasteiger partial charge in [0.05, 0.1) is 18.8 Å². The Kier molecular flexibility index (Phi) is 3.61. The summed E-state index contributed by atoms with van der Waals surface area (Å²) in [4.78, 5) is 3.72. The number of halogens is 3. The van der Waals surface area contributed by atoms with Crippen LogP contribution >= 0.6 is 0 Å². The van der Waals surface area contributed by atoms with Crippen LogP contribution in [0.25, 0.3) is 11.6 Å². The highest BCUT2D eigenvalue weighted by Crippen LogP contribution is 2.37. The third-order valence-corrected chi connectivity index (χ3v) is 3.51. The Morgan fingerprint density at radius 3 is 2.77 bits per heavy atom. The molecule has 0 aliphatic carbocycles. The fraction of sp³-hybridized carbons (Fsp3) is 0.462. The molecule has 3 heterocycles. The van der Waals surface area contributed by atoms with E-state index in [0.29, 0.717) is 13.0 Å². The summed E-state index contributed by atoms with van der Waals surface area (Å²) in [7, 11) is 1.46. The van der Waals surface area contributed by atoms with Crippen molar-refractivity contribution in [3.05, 3.63) is 29.8 Å². The van der Waals surface area contributed by atoms with Crippen molar-refractivity contribution in [3.63, 3.8) is 0 Å². The molecule has 1 atom stereocenters. The largest absolute Gasteiger partial charge is 0.418 e. The Morgan fingerprint density at radius 1 is 1.32 bits per heavy atom. The minimum atomic E-state index is -4.56. The summed E-state index contributed by atoms with van der Waals surface area (Å²) in [5, 5.41) is 7.50. The van der Waals surface area contributed by atoms with Crippen LogP contribution in [0, 0.1) is 0 Å². The van der Waals surface area contributed by atoms with E-state index in [9.17, 15) is 13.2 Å². The number of rotatable bonds is 3. The maximum absolute atomic E-state index is 13.0. The molecule has 0 amide bonds. The van der Waals surface area contributed by atoms with Crippen molar-refractivity contribution in [1.29, 1.82) is 0 Å². The van der Waals surface area contributed by atoms with Crippen LogP contribution in [0.3, 0.4) is 0 Å². The standard InChI is InChI=1S/C13H12F3N3O3/c1-20-12(4-6-21-7-12)11-19-18-10(22-11)9-8(13(14,15)16)3-2-5-17-9/h2-3,5H,4,6-7H2,1H3. The molecule has 3 rings (SSSR count). The van der Waals surface area contributed by atoms with Gasteiger partial charge in [-0.05, 0) is 12.1 Å². The molecule has 0 saturated carbocycles. The van der Waals surface area contributed by atoms with Crippen molar-refractivity contribution >= 4 is 0 Å². The van der Waals surface area contributed by atoms with Gasteiger partial charge in [0.25, 0.3) is 11.8 Å². The lowest BCUT2D eigenvalue weighted by atomic mass is 10.0. The van der Waals surface area contributed by atoms with E-state index in [1.165, 1.54) is 19.4 Å². The number of hydrogen-bond acceptors (Lipinski definition) is 6. The van der Waals surface area contributed by atoms with E-state index in [0.717, 1.165) is 6.07 Å². The van der Waals surface area contributed by atoms with Gasteiger partial charge in [0, 0.05) is 19.7 Å². The molecule has 1 saturated heterocycles. The van der Waals surface area contributed by atoms with Crippen molar-refractivity contribution in [3.8, 4) is 11.6 Å². The highest BCUT2D eigenvalue weighted by atomic mass is 19.4. The van der Waals surface area contributed by atoms with E-state index in [-0.39, 0.29) is 18.4 Å². The van der Waals surface area contributed by atoms with Gasteiger partial charge in [0.15, 0.2) is 5.60 Å². The number of ether oxygens (including phenoxy) is 2. The van der Waals surface area contributed by atoms with E-state index in [1.54, 1.807) is 0 Å². The summed E-state index contributed by atoms with van der Waals surface area (Å²) in [5.74, 6) is -0.215. The second-order valence-corrected chi connectivity index (χ2v) is 4.81. The van der Waals surface area contributed by atoms with Crippen LogP contribution in [0.5, 0.6) is 0 Å². The monoisotopic (exact) mass is 315 g/mol. The Hall–Kier alpha value is -2.00. The van der Waals surface area contributed by atoms with Crippen molar-refractivity contribution in [1.82, 2.24) is 15.2 Å². The normalized spacial score (nSPS) is 22.2. The molecule has 118 valence electrons. The molecule has 0 radical (unpaired) electrons. The molecule has 0 spiro atoms. The summed E-state index contributed by atoms with van der Waals surface area (Å²) in [6.45, 7) is 0.655. The van der Waals surface area contributed by atoms with Crippen molar-refractivity contribution in [2.24, 2.45) is 0 Å². The van der Waals surface area contributed by atoms with Crippen LogP contribution in [0.15, 0.2) is 22.7 Å². The molecule has 1 fully saturated rings. The van der Waals surface area contributed by atoms with Gasteiger partial charge in [-0.2, -0.15) is 13.2 Å². The molecule has 1 aliphatic heterocycles. The number of pyridine rings is 1. The summed E-state index contributed by atoms with van der Waals surface area (Å²) in [6.07, 6.45) is -2.84. The van der Waals surface area contributed by atoms with Gasteiger partial charge in [0.2, 0.25) is 0 Å². The van der Waals surface area contributed by atoms with Gasteiger partial charge < -0.3 is 13.9 Å². The topological polar surface area (TPSA) is 70.3 Å². The second kappa shape index (κ2) is 5.33. The van der Waals surface area contributed by atoms with Crippen LogP contribution in [0.4, 0.5) is 13.2 Å². The van der Waals surface area contributed by atoms with Crippen LogP contribution in [-0.4, -0.2) is 35.5 Å². The Bertz CT molecular complexity index is 666. The average Bonchev–Trinajstić information content (AvgIpc) is 3.16. The number of methoxy groups -OCH3 is 1. The van der Waals surface area contributed by atoms with Gasteiger partial charge in [-0.3, -0.25) is 4.98 Å². The molecule has 0 N–H and O–H groups in total. The van der Waals surface area contributed by atoms with Crippen molar-refractivity contribution in [2.45, 2.75) is 18.2 Å². The Balaban J connectivity index is 2.02. The summed E-state index contributed by atoms with van der Waals surface area (Å²) in [6, 6.07) is 2.11. The number of alkyl halides is 3. The molecule has 6 nitrogen and oxygen atoms in total. The van der Waals surface area contributed by atoms with Gasteiger partial charge in [0.1, 0.15) is 5.69 Å². The predicted octanol–water partition coefficient (Wildman–Crippen LogP) is 2.41. The zero-order valence-corrected chi connectivity index (χ0v) is 11.6. The Labute approximate surface area is 123 Å². The lowest BCUT2D eigenvalue weighted by Crippen LogP contribution is -2.29. The molecular weight excluding hydrogens is 303 g/mol. The van der Waals surface area contributed by atoms with Gasteiger partial charge >= 0.3 is 6.18 Å². The SMILES string of the molecule is COC1(c2nnc(-c3ncccc3C(F)(F)F)o2)CCOC1. The summed E-state index contributed by atoms with van der Waals surface area (Å²) >= 11 is 0. The number of nitrogens with zero attached hydrogens (tertiary/aromatic N) is 3. The lowest BCUT2D eigenvalue weighted by Gasteiger charge is -2.20. The van der Waals surface area contributed by atoms with Crippen LogP contribution in [0.1, 0.15) is 17.9 Å². The molecule has 9 heteroatoms. The highest BCUT2D eigenvalue weighted by molar-refractivity contribution is 5.53.